The van der Waals surface area contributed by atoms with Gasteiger partial charge in [-0.15, -0.1) is 0 Å². The highest BCUT2D eigenvalue weighted by Gasteiger charge is 2.27. The first-order chi connectivity index (χ1) is 12.2. The Morgan fingerprint density at radius 1 is 1.24 bits per heavy atom. The molecule has 4 rings (SSSR count). The lowest BCUT2D eigenvalue weighted by atomic mass is 10.2. The molecule has 0 fully saturated rings. The summed E-state index contributed by atoms with van der Waals surface area (Å²) in [6, 6.07) is 9.93. The highest BCUT2D eigenvalue weighted by Crippen LogP contribution is 2.28. The van der Waals surface area contributed by atoms with Crippen LogP contribution in [0.15, 0.2) is 42.7 Å². The summed E-state index contributed by atoms with van der Waals surface area (Å²) >= 11 is 0. The van der Waals surface area contributed by atoms with Crippen molar-refractivity contribution in [2.24, 2.45) is 7.05 Å². The predicted molar refractivity (Wildman–Crippen MR) is 92.8 cm³/mol. The van der Waals surface area contributed by atoms with E-state index >= 15 is 0 Å². The van der Waals surface area contributed by atoms with E-state index in [4.69, 9.17) is 4.74 Å². The number of para-hydroxylation sites is 1. The van der Waals surface area contributed by atoms with Crippen LogP contribution in [0, 0.1) is 0 Å². The molecule has 1 aromatic carbocycles. The van der Waals surface area contributed by atoms with Crippen molar-refractivity contribution in [3.05, 3.63) is 65.2 Å². The average Bonchev–Trinajstić information content (AvgIpc) is 3.32. The molecule has 2 aromatic heterocycles. The molecule has 6 nitrogen and oxygen atoms in total. The molecule has 0 bridgehead atoms. The molecule has 0 N–H and O–H groups in total. The largest absolute Gasteiger partial charge is 0.461 e. The molecule has 1 aliphatic carbocycles. The Hall–Kier alpha value is -2.89. The van der Waals surface area contributed by atoms with Gasteiger partial charge >= 0.3 is 5.97 Å². The van der Waals surface area contributed by atoms with Crippen molar-refractivity contribution in [1.29, 1.82) is 0 Å². The zero-order valence-corrected chi connectivity index (χ0v) is 14.2. The van der Waals surface area contributed by atoms with E-state index < -0.39 is 0 Å². The minimum Gasteiger partial charge on any atom is -0.461 e. The SMILES string of the molecule is Cn1cc(CCOC(=O)c2nn(-c3ccccc3)c3c2CCC3)cn1. The van der Waals surface area contributed by atoms with Gasteiger partial charge in [0.25, 0.3) is 0 Å². The highest BCUT2D eigenvalue weighted by molar-refractivity contribution is 5.89. The molecule has 6 heteroatoms. The van der Waals surface area contributed by atoms with Gasteiger partial charge in [0.1, 0.15) is 0 Å². The van der Waals surface area contributed by atoms with E-state index in [1.807, 2.05) is 48.3 Å². The van der Waals surface area contributed by atoms with E-state index in [0.29, 0.717) is 18.7 Å². The Kier molecular flexibility index (Phi) is 4.09. The Morgan fingerprint density at radius 3 is 2.84 bits per heavy atom. The second-order valence-corrected chi connectivity index (χ2v) is 6.28. The van der Waals surface area contributed by atoms with Crippen molar-refractivity contribution in [1.82, 2.24) is 19.6 Å². The lowest BCUT2D eigenvalue weighted by molar-refractivity contribution is 0.0500. The van der Waals surface area contributed by atoms with E-state index in [1.54, 1.807) is 10.9 Å². The minimum absolute atomic E-state index is 0.331. The Balaban J connectivity index is 1.51. The fraction of sp³-hybridized carbons (Fsp3) is 0.316. The van der Waals surface area contributed by atoms with Crippen LogP contribution in [-0.2, 0) is 31.0 Å². The maximum atomic E-state index is 12.5. The maximum absolute atomic E-state index is 12.5. The minimum atomic E-state index is -0.336. The summed E-state index contributed by atoms with van der Waals surface area (Å²) in [5, 5.41) is 8.67. The number of hydrogen-bond acceptors (Lipinski definition) is 4. The monoisotopic (exact) mass is 336 g/mol. The van der Waals surface area contributed by atoms with Crippen LogP contribution in [0.2, 0.25) is 0 Å². The molecular formula is C19H20N4O2. The zero-order chi connectivity index (χ0) is 17.2. The van der Waals surface area contributed by atoms with Crippen molar-refractivity contribution in [2.75, 3.05) is 6.61 Å². The number of aromatic nitrogens is 4. The van der Waals surface area contributed by atoms with Gasteiger partial charge in [0.2, 0.25) is 0 Å². The third-order valence-corrected chi connectivity index (χ3v) is 4.51. The van der Waals surface area contributed by atoms with E-state index in [9.17, 15) is 4.79 Å². The van der Waals surface area contributed by atoms with Crippen molar-refractivity contribution < 1.29 is 9.53 Å². The van der Waals surface area contributed by atoms with Crippen LogP contribution < -0.4 is 0 Å². The summed E-state index contributed by atoms with van der Waals surface area (Å²) < 4.78 is 9.09. The fourth-order valence-corrected chi connectivity index (χ4v) is 3.32. The van der Waals surface area contributed by atoms with Crippen LogP contribution in [0.5, 0.6) is 0 Å². The van der Waals surface area contributed by atoms with Gasteiger partial charge in [-0.25, -0.2) is 9.48 Å². The summed E-state index contributed by atoms with van der Waals surface area (Å²) in [6.07, 6.45) is 7.25. The lowest BCUT2D eigenvalue weighted by Gasteiger charge is -2.05. The average molecular weight is 336 g/mol. The highest BCUT2D eigenvalue weighted by atomic mass is 16.5. The van der Waals surface area contributed by atoms with Crippen LogP contribution in [-0.4, -0.2) is 32.1 Å². The number of hydrogen-bond donors (Lipinski definition) is 0. The second kappa shape index (κ2) is 6.55. The van der Waals surface area contributed by atoms with Crippen LogP contribution in [0.4, 0.5) is 0 Å². The molecule has 1 aliphatic rings. The third kappa shape index (κ3) is 3.07. The summed E-state index contributed by atoms with van der Waals surface area (Å²) in [4.78, 5) is 12.5. The standard InChI is InChI=1S/C19H20N4O2/c1-22-13-14(12-20-22)10-11-25-19(24)18-16-8-5-9-17(16)23(21-18)15-6-3-2-4-7-15/h2-4,6-7,12-13H,5,8-11H2,1H3. The molecule has 0 saturated carbocycles. The first-order valence-electron chi connectivity index (χ1n) is 8.53. The van der Waals surface area contributed by atoms with Gasteiger partial charge in [-0.05, 0) is 37.0 Å². The van der Waals surface area contributed by atoms with Crippen molar-refractivity contribution in [3.8, 4) is 5.69 Å². The number of nitrogens with zero attached hydrogens (tertiary/aromatic N) is 4. The van der Waals surface area contributed by atoms with E-state index in [0.717, 1.165) is 41.8 Å². The molecule has 128 valence electrons. The number of fused-ring (bicyclic) bond motifs is 1. The molecule has 0 unspecified atom stereocenters. The molecule has 0 amide bonds. The first kappa shape index (κ1) is 15.6. The first-order valence-corrected chi connectivity index (χ1v) is 8.53. The molecule has 0 atom stereocenters. The van der Waals surface area contributed by atoms with E-state index in [-0.39, 0.29) is 5.97 Å². The molecule has 25 heavy (non-hydrogen) atoms. The van der Waals surface area contributed by atoms with Gasteiger partial charge in [0.15, 0.2) is 5.69 Å². The summed E-state index contributed by atoms with van der Waals surface area (Å²) in [6.45, 7) is 0.331. The smallest absolute Gasteiger partial charge is 0.359 e. The number of carbonyl (C=O) groups excluding carboxylic acids is 1. The number of rotatable bonds is 5. The van der Waals surface area contributed by atoms with Gasteiger partial charge in [0, 0.05) is 30.9 Å². The zero-order valence-electron chi connectivity index (χ0n) is 14.2. The van der Waals surface area contributed by atoms with Gasteiger partial charge in [0.05, 0.1) is 18.5 Å². The fourth-order valence-electron chi connectivity index (χ4n) is 3.32. The van der Waals surface area contributed by atoms with Crippen molar-refractivity contribution >= 4 is 5.97 Å². The summed E-state index contributed by atoms with van der Waals surface area (Å²) in [7, 11) is 1.87. The molecule has 2 heterocycles. The predicted octanol–water partition coefficient (Wildman–Crippen LogP) is 2.49. The number of carbonyl (C=O) groups is 1. The number of aryl methyl sites for hydroxylation is 1. The number of benzene rings is 1. The molecule has 0 radical (unpaired) electrons. The molecular weight excluding hydrogens is 316 g/mol. The number of esters is 1. The molecule has 0 spiro atoms. The number of ether oxygens (including phenoxy) is 1. The Bertz CT molecular complexity index is 896. The van der Waals surface area contributed by atoms with Gasteiger partial charge in [-0.2, -0.15) is 10.2 Å². The van der Waals surface area contributed by atoms with Crippen LogP contribution in [0.1, 0.15) is 33.7 Å². The van der Waals surface area contributed by atoms with Crippen LogP contribution >= 0.6 is 0 Å². The van der Waals surface area contributed by atoms with Gasteiger partial charge in [-0.3, -0.25) is 4.68 Å². The van der Waals surface area contributed by atoms with E-state index in [2.05, 4.69) is 10.2 Å². The third-order valence-electron chi connectivity index (χ3n) is 4.51. The molecule has 0 aliphatic heterocycles. The van der Waals surface area contributed by atoms with Crippen molar-refractivity contribution in [2.45, 2.75) is 25.7 Å². The lowest BCUT2D eigenvalue weighted by Crippen LogP contribution is -2.11. The molecule has 0 saturated heterocycles. The quantitative estimate of drug-likeness (QED) is 0.672. The summed E-state index contributed by atoms with van der Waals surface area (Å²) in [5.41, 5.74) is 4.66. The maximum Gasteiger partial charge on any atom is 0.359 e. The van der Waals surface area contributed by atoms with Crippen LogP contribution in [0.25, 0.3) is 5.69 Å². The second-order valence-electron chi connectivity index (χ2n) is 6.28. The molecule has 3 aromatic rings. The Labute approximate surface area is 146 Å². The summed E-state index contributed by atoms with van der Waals surface area (Å²) in [5.74, 6) is -0.336. The van der Waals surface area contributed by atoms with E-state index in [1.165, 1.54) is 0 Å². The van der Waals surface area contributed by atoms with Crippen LogP contribution in [0.3, 0.4) is 0 Å². The topological polar surface area (TPSA) is 61.9 Å². The van der Waals surface area contributed by atoms with Gasteiger partial charge < -0.3 is 4.74 Å². The van der Waals surface area contributed by atoms with Gasteiger partial charge in [-0.1, -0.05) is 18.2 Å². The normalized spacial score (nSPS) is 13.0. The Morgan fingerprint density at radius 2 is 2.08 bits per heavy atom. The van der Waals surface area contributed by atoms with Crippen molar-refractivity contribution in [3.63, 3.8) is 0 Å².